The Balaban J connectivity index is 1.86. The normalized spacial score (nSPS) is 18.4. The molecule has 1 N–H and O–H groups in total. The maximum Gasteiger partial charge on any atom is 0.296 e. The zero-order valence-electron chi connectivity index (χ0n) is 15.0. The van der Waals surface area contributed by atoms with Crippen molar-refractivity contribution in [1.29, 1.82) is 0 Å². The summed E-state index contributed by atoms with van der Waals surface area (Å²) in [7, 11) is 0. The molecule has 1 unspecified atom stereocenters. The fraction of sp³-hybridized carbons (Fsp3) is 0.0909. The Labute approximate surface area is 174 Å². The Morgan fingerprint density at radius 3 is 2.38 bits per heavy atom. The topological polar surface area (TPSA) is 70.8 Å². The van der Waals surface area contributed by atoms with E-state index in [4.69, 9.17) is 4.42 Å². The zero-order chi connectivity index (χ0) is 20.5. The number of ketones is 1. The molecular formula is C22H15BrFNO4. The van der Waals surface area contributed by atoms with Crippen LogP contribution in [0.4, 0.5) is 4.39 Å². The summed E-state index contributed by atoms with van der Waals surface area (Å²) in [5.74, 6) is -1.84. The summed E-state index contributed by atoms with van der Waals surface area (Å²) < 4.78 is 19.5. The number of halogens is 2. The molecule has 1 aromatic heterocycles. The summed E-state index contributed by atoms with van der Waals surface area (Å²) in [4.78, 5) is 27.0. The van der Waals surface area contributed by atoms with Gasteiger partial charge in [0.2, 0.25) is 0 Å². The number of Topliss-reactive ketones (excluding diaryl/α,β-unsaturated/α-hetero) is 1. The largest absolute Gasteiger partial charge is 0.507 e. The van der Waals surface area contributed by atoms with Crippen molar-refractivity contribution in [3.8, 4) is 0 Å². The maximum atomic E-state index is 13.3. The van der Waals surface area contributed by atoms with Crippen LogP contribution in [0.3, 0.4) is 0 Å². The quantitative estimate of drug-likeness (QED) is 0.348. The van der Waals surface area contributed by atoms with Gasteiger partial charge in [0.25, 0.3) is 11.7 Å². The van der Waals surface area contributed by atoms with E-state index in [-0.39, 0.29) is 23.4 Å². The number of carbonyl (C=O) groups excluding carboxylic acids is 2. The van der Waals surface area contributed by atoms with E-state index in [2.05, 4.69) is 15.9 Å². The highest BCUT2D eigenvalue weighted by atomic mass is 79.9. The van der Waals surface area contributed by atoms with Gasteiger partial charge in [-0.25, -0.2) is 4.39 Å². The molecule has 146 valence electrons. The zero-order valence-corrected chi connectivity index (χ0v) is 16.6. The molecule has 7 heteroatoms. The number of hydrogen-bond donors (Lipinski definition) is 1. The van der Waals surface area contributed by atoms with Crippen molar-refractivity contribution in [2.75, 3.05) is 0 Å². The molecule has 0 saturated carbocycles. The molecule has 2 heterocycles. The van der Waals surface area contributed by atoms with E-state index in [1.165, 1.54) is 35.4 Å². The first kappa shape index (κ1) is 19.1. The van der Waals surface area contributed by atoms with Crippen LogP contribution in [-0.2, 0) is 16.1 Å². The molecule has 4 rings (SSSR count). The maximum absolute atomic E-state index is 13.3. The second-order valence-electron chi connectivity index (χ2n) is 6.56. The predicted octanol–water partition coefficient (Wildman–Crippen LogP) is 4.80. The summed E-state index contributed by atoms with van der Waals surface area (Å²) in [5.41, 5.74) is 0.864. The third-order valence-electron chi connectivity index (χ3n) is 4.75. The lowest BCUT2D eigenvalue weighted by Gasteiger charge is -2.24. The Morgan fingerprint density at radius 1 is 1.07 bits per heavy atom. The monoisotopic (exact) mass is 455 g/mol. The van der Waals surface area contributed by atoms with Crippen LogP contribution in [0.25, 0.3) is 5.76 Å². The molecule has 29 heavy (non-hydrogen) atoms. The lowest BCUT2D eigenvalue weighted by Crippen LogP contribution is -2.29. The van der Waals surface area contributed by atoms with E-state index in [1.807, 2.05) is 0 Å². The van der Waals surface area contributed by atoms with Crippen molar-refractivity contribution >= 4 is 33.4 Å². The number of benzene rings is 2. The molecule has 0 spiro atoms. The first-order valence-corrected chi connectivity index (χ1v) is 9.57. The molecule has 1 atom stereocenters. The lowest BCUT2D eigenvalue weighted by molar-refractivity contribution is -0.140. The van der Waals surface area contributed by atoms with Crippen molar-refractivity contribution in [1.82, 2.24) is 4.90 Å². The van der Waals surface area contributed by atoms with Crippen molar-refractivity contribution < 1.29 is 23.5 Å². The second-order valence-corrected chi connectivity index (χ2v) is 7.48. The van der Waals surface area contributed by atoms with Crippen LogP contribution in [0, 0.1) is 5.82 Å². The van der Waals surface area contributed by atoms with Gasteiger partial charge in [-0.3, -0.25) is 9.59 Å². The Bertz CT molecular complexity index is 1090. The number of aliphatic hydroxyl groups is 1. The first-order chi connectivity index (χ1) is 14.0. The molecular weight excluding hydrogens is 441 g/mol. The van der Waals surface area contributed by atoms with Crippen LogP contribution in [-0.4, -0.2) is 21.7 Å². The minimum atomic E-state index is -0.807. The molecule has 1 saturated heterocycles. The average Bonchev–Trinajstić information content (AvgIpc) is 3.31. The number of rotatable bonds is 4. The molecule has 3 aromatic rings. The van der Waals surface area contributed by atoms with Crippen molar-refractivity contribution in [3.05, 3.63) is 99.7 Å². The molecule has 1 aliphatic heterocycles. The number of nitrogens with zero attached hydrogens (tertiary/aromatic N) is 1. The molecule has 0 aliphatic carbocycles. The summed E-state index contributed by atoms with van der Waals surface area (Å²) in [6.45, 7) is 0.0680. The van der Waals surface area contributed by atoms with E-state index in [0.29, 0.717) is 11.3 Å². The van der Waals surface area contributed by atoms with Gasteiger partial charge >= 0.3 is 0 Å². The predicted molar refractivity (Wildman–Crippen MR) is 107 cm³/mol. The van der Waals surface area contributed by atoms with E-state index in [0.717, 1.165) is 4.47 Å². The highest BCUT2D eigenvalue weighted by Crippen LogP contribution is 2.40. The Hall–Kier alpha value is -3.19. The lowest BCUT2D eigenvalue weighted by atomic mass is 9.95. The number of likely N-dealkylation sites (tertiary alicyclic amines) is 1. The SMILES string of the molecule is O=C1C(=O)N(Cc2ccco2)C(c2ccc(Br)cc2)C1=C(O)c1ccc(F)cc1. The summed E-state index contributed by atoms with van der Waals surface area (Å²) in [5, 5.41) is 10.9. The molecule has 1 aliphatic rings. The van der Waals surface area contributed by atoms with Crippen LogP contribution in [0.5, 0.6) is 0 Å². The minimum absolute atomic E-state index is 0.0458. The van der Waals surface area contributed by atoms with E-state index in [1.54, 1.807) is 36.4 Å². The molecule has 1 amide bonds. The second kappa shape index (κ2) is 7.67. The van der Waals surface area contributed by atoms with Gasteiger partial charge in [-0.1, -0.05) is 28.1 Å². The highest BCUT2D eigenvalue weighted by molar-refractivity contribution is 9.10. The summed E-state index contributed by atoms with van der Waals surface area (Å²) in [6.07, 6.45) is 1.49. The first-order valence-electron chi connectivity index (χ1n) is 8.78. The van der Waals surface area contributed by atoms with Gasteiger partial charge in [0.15, 0.2) is 0 Å². The van der Waals surface area contributed by atoms with Crippen LogP contribution in [0.2, 0.25) is 0 Å². The number of carbonyl (C=O) groups is 2. The Kier molecular flexibility index (Phi) is 5.07. The van der Waals surface area contributed by atoms with E-state index < -0.39 is 23.5 Å². The van der Waals surface area contributed by atoms with Crippen LogP contribution >= 0.6 is 15.9 Å². The molecule has 0 bridgehead atoms. The summed E-state index contributed by atoms with van der Waals surface area (Å²) >= 11 is 3.37. The minimum Gasteiger partial charge on any atom is -0.507 e. The third-order valence-corrected chi connectivity index (χ3v) is 5.28. The van der Waals surface area contributed by atoms with Crippen LogP contribution < -0.4 is 0 Å². The van der Waals surface area contributed by atoms with Crippen molar-refractivity contribution in [2.45, 2.75) is 12.6 Å². The number of amides is 1. The Morgan fingerprint density at radius 2 is 1.76 bits per heavy atom. The smallest absolute Gasteiger partial charge is 0.296 e. The number of furan rings is 1. The van der Waals surface area contributed by atoms with E-state index >= 15 is 0 Å². The average molecular weight is 456 g/mol. The van der Waals surface area contributed by atoms with Crippen molar-refractivity contribution in [3.63, 3.8) is 0 Å². The molecule has 2 aromatic carbocycles. The van der Waals surface area contributed by atoms with Crippen LogP contribution in [0.15, 0.2) is 81.4 Å². The molecule has 1 fully saturated rings. The molecule has 5 nitrogen and oxygen atoms in total. The summed E-state index contributed by atoms with van der Waals surface area (Å²) in [6, 6.07) is 14.8. The van der Waals surface area contributed by atoms with Gasteiger partial charge in [0, 0.05) is 10.0 Å². The van der Waals surface area contributed by atoms with Gasteiger partial charge in [-0.15, -0.1) is 0 Å². The van der Waals surface area contributed by atoms with Gasteiger partial charge in [-0.2, -0.15) is 0 Å². The fourth-order valence-electron chi connectivity index (χ4n) is 3.37. The van der Waals surface area contributed by atoms with Gasteiger partial charge < -0.3 is 14.4 Å². The number of hydrogen-bond acceptors (Lipinski definition) is 4. The van der Waals surface area contributed by atoms with Gasteiger partial charge in [0.05, 0.1) is 24.4 Å². The van der Waals surface area contributed by atoms with Crippen LogP contribution in [0.1, 0.15) is 22.9 Å². The number of aliphatic hydroxyl groups excluding tert-OH is 1. The third kappa shape index (κ3) is 3.61. The van der Waals surface area contributed by atoms with Gasteiger partial charge in [-0.05, 0) is 54.1 Å². The standard InChI is InChI=1S/C22H15BrFNO4/c23-15-7-3-13(4-8-15)19-18(20(26)14-5-9-16(24)10-6-14)21(27)22(28)25(19)12-17-2-1-11-29-17/h1-11,19,26H,12H2. The van der Waals surface area contributed by atoms with Gasteiger partial charge in [0.1, 0.15) is 17.3 Å². The van der Waals surface area contributed by atoms with Crippen molar-refractivity contribution in [2.24, 2.45) is 0 Å². The van der Waals surface area contributed by atoms with E-state index in [9.17, 15) is 19.1 Å². The molecule has 0 radical (unpaired) electrons. The highest BCUT2D eigenvalue weighted by Gasteiger charge is 2.46. The fourth-order valence-corrected chi connectivity index (χ4v) is 3.63.